The first-order valence-corrected chi connectivity index (χ1v) is 6.70. The predicted molar refractivity (Wildman–Crippen MR) is 67.8 cm³/mol. The lowest BCUT2D eigenvalue weighted by molar-refractivity contribution is 0.175. The number of ether oxygens (including phenoxy) is 1. The molecular weight excluding hydrogens is 210 g/mol. The van der Waals surface area contributed by atoms with Gasteiger partial charge in [-0.2, -0.15) is 0 Å². The Morgan fingerprint density at radius 2 is 2.41 bits per heavy atom. The minimum atomic E-state index is 0.804. The van der Waals surface area contributed by atoms with Gasteiger partial charge in [0, 0.05) is 26.3 Å². The van der Waals surface area contributed by atoms with Gasteiger partial charge in [-0.3, -0.25) is 4.90 Å². The van der Waals surface area contributed by atoms with Gasteiger partial charge >= 0.3 is 0 Å². The molecule has 1 unspecified atom stereocenters. The molecule has 1 aromatic carbocycles. The highest BCUT2D eigenvalue weighted by Gasteiger charge is 2.19. The number of benzene rings is 1. The van der Waals surface area contributed by atoms with Gasteiger partial charge in [-0.15, -0.1) is 0 Å². The van der Waals surface area contributed by atoms with Gasteiger partial charge in [0.15, 0.2) is 0 Å². The summed E-state index contributed by atoms with van der Waals surface area (Å²) in [5.41, 5.74) is 2.99. The van der Waals surface area contributed by atoms with Crippen LogP contribution in [0.5, 0.6) is 0 Å². The van der Waals surface area contributed by atoms with Crippen molar-refractivity contribution in [1.82, 2.24) is 4.90 Å². The molecule has 2 heteroatoms. The maximum Gasteiger partial charge on any atom is 0.0495 e. The molecule has 0 saturated carbocycles. The third-order valence-corrected chi connectivity index (χ3v) is 4.02. The molecule has 0 aromatic heterocycles. The van der Waals surface area contributed by atoms with E-state index in [-0.39, 0.29) is 0 Å². The van der Waals surface area contributed by atoms with E-state index in [0.29, 0.717) is 0 Å². The van der Waals surface area contributed by atoms with E-state index in [1.54, 1.807) is 0 Å². The third-order valence-electron chi connectivity index (χ3n) is 4.02. The van der Waals surface area contributed by atoms with Crippen molar-refractivity contribution in [3.63, 3.8) is 0 Å². The first-order valence-electron chi connectivity index (χ1n) is 6.70. The van der Waals surface area contributed by atoms with Gasteiger partial charge in [0.05, 0.1) is 0 Å². The van der Waals surface area contributed by atoms with Crippen molar-refractivity contribution < 1.29 is 4.74 Å². The summed E-state index contributed by atoms with van der Waals surface area (Å²) < 4.78 is 5.43. The molecule has 0 aliphatic carbocycles. The van der Waals surface area contributed by atoms with Crippen LogP contribution in [0.3, 0.4) is 0 Å². The zero-order chi connectivity index (χ0) is 11.5. The van der Waals surface area contributed by atoms with E-state index in [9.17, 15) is 0 Å². The van der Waals surface area contributed by atoms with Gasteiger partial charge in [0.25, 0.3) is 0 Å². The van der Waals surface area contributed by atoms with E-state index < -0.39 is 0 Å². The molecule has 1 aromatic rings. The molecular formula is C15H20NO. The van der Waals surface area contributed by atoms with Crippen LogP contribution in [0.2, 0.25) is 0 Å². The van der Waals surface area contributed by atoms with Crippen molar-refractivity contribution in [3.8, 4) is 0 Å². The number of rotatable bonds is 3. The van der Waals surface area contributed by atoms with E-state index in [4.69, 9.17) is 4.74 Å². The van der Waals surface area contributed by atoms with Crippen LogP contribution in [0.25, 0.3) is 0 Å². The molecule has 91 valence electrons. The molecule has 1 radical (unpaired) electrons. The van der Waals surface area contributed by atoms with Gasteiger partial charge in [-0.05, 0) is 55.0 Å². The molecule has 1 fully saturated rings. The first-order chi connectivity index (χ1) is 8.42. The Bertz CT molecular complexity index is 371. The van der Waals surface area contributed by atoms with Gasteiger partial charge in [0.1, 0.15) is 0 Å². The lowest BCUT2D eigenvalue weighted by atomic mass is 9.98. The van der Waals surface area contributed by atoms with Crippen LogP contribution >= 0.6 is 0 Å². The molecule has 1 atom stereocenters. The van der Waals surface area contributed by atoms with E-state index in [1.807, 2.05) is 6.07 Å². The Labute approximate surface area is 104 Å². The summed E-state index contributed by atoms with van der Waals surface area (Å²) >= 11 is 0. The van der Waals surface area contributed by atoms with E-state index in [1.165, 1.54) is 43.5 Å². The minimum absolute atomic E-state index is 0.804. The summed E-state index contributed by atoms with van der Waals surface area (Å²) in [6.45, 7) is 5.51. The topological polar surface area (TPSA) is 12.5 Å². The maximum absolute atomic E-state index is 5.43. The van der Waals surface area contributed by atoms with Crippen LogP contribution in [-0.4, -0.2) is 31.2 Å². The van der Waals surface area contributed by atoms with Gasteiger partial charge in [-0.1, -0.05) is 12.1 Å². The van der Waals surface area contributed by atoms with E-state index >= 15 is 0 Å². The highest BCUT2D eigenvalue weighted by atomic mass is 16.5. The monoisotopic (exact) mass is 230 g/mol. The Hall–Kier alpha value is -0.860. The summed E-state index contributed by atoms with van der Waals surface area (Å²) in [4.78, 5) is 2.58. The zero-order valence-corrected chi connectivity index (χ0v) is 10.3. The number of nitrogens with zero attached hydrogens (tertiary/aromatic N) is 1. The van der Waals surface area contributed by atoms with E-state index in [2.05, 4.69) is 23.1 Å². The molecule has 0 bridgehead atoms. The fraction of sp³-hybridized carbons (Fsp3) is 0.600. The Kier molecular flexibility index (Phi) is 3.44. The number of hydrogen-bond donors (Lipinski definition) is 0. The van der Waals surface area contributed by atoms with Crippen LogP contribution in [-0.2, 0) is 17.7 Å². The first kappa shape index (κ1) is 11.2. The Morgan fingerprint density at radius 3 is 3.29 bits per heavy atom. The number of hydrogen-bond acceptors (Lipinski definition) is 2. The van der Waals surface area contributed by atoms with Crippen LogP contribution < -0.4 is 0 Å². The highest BCUT2D eigenvalue weighted by Crippen LogP contribution is 2.21. The molecule has 0 spiro atoms. The second-order valence-corrected chi connectivity index (χ2v) is 5.24. The SMILES string of the molecule is [c]1ccc2c(c1)CN(CCC1CCOC1)CC2. The summed E-state index contributed by atoms with van der Waals surface area (Å²) in [7, 11) is 0. The van der Waals surface area contributed by atoms with Crippen LogP contribution in [0.15, 0.2) is 18.2 Å². The molecule has 0 amide bonds. The lowest BCUT2D eigenvalue weighted by Crippen LogP contribution is -2.32. The minimum Gasteiger partial charge on any atom is -0.381 e. The summed E-state index contributed by atoms with van der Waals surface area (Å²) in [5.74, 6) is 0.804. The van der Waals surface area contributed by atoms with Gasteiger partial charge in [-0.25, -0.2) is 0 Å². The largest absolute Gasteiger partial charge is 0.381 e. The van der Waals surface area contributed by atoms with Gasteiger partial charge in [0.2, 0.25) is 0 Å². The quantitative estimate of drug-likeness (QED) is 0.790. The summed E-state index contributed by atoms with van der Waals surface area (Å²) in [5, 5.41) is 0. The van der Waals surface area contributed by atoms with Crippen LogP contribution in [0.4, 0.5) is 0 Å². The Morgan fingerprint density at radius 1 is 1.41 bits per heavy atom. The molecule has 0 N–H and O–H groups in total. The van der Waals surface area contributed by atoms with Crippen molar-refractivity contribution >= 4 is 0 Å². The third kappa shape index (κ3) is 2.70. The highest BCUT2D eigenvalue weighted by molar-refractivity contribution is 5.28. The number of fused-ring (bicyclic) bond motifs is 1. The summed E-state index contributed by atoms with van der Waals surface area (Å²) in [6.07, 6.45) is 3.76. The predicted octanol–water partition coefficient (Wildman–Crippen LogP) is 2.27. The van der Waals surface area contributed by atoms with Crippen molar-refractivity contribution in [1.29, 1.82) is 0 Å². The van der Waals surface area contributed by atoms with Crippen molar-refractivity contribution in [3.05, 3.63) is 35.4 Å². The standard InChI is InChI=1S/C15H20NO/c1-2-4-15-11-16(9-6-14(15)3-1)8-5-13-7-10-17-12-13/h1,3-4,13H,5-12H2. The van der Waals surface area contributed by atoms with Crippen LogP contribution in [0, 0.1) is 12.0 Å². The molecule has 1 saturated heterocycles. The molecule has 17 heavy (non-hydrogen) atoms. The molecule has 2 aliphatic rings. The smallest absolute Gasteiger partial charge is 0.0495 e. The molecule has 2 heterocycles. The van der Waals surface area contributed by atoms with E-state index in [0.717, 1.165) is 25.7 Å². The fourth-order valence-corrected chi connectivity index (χ4v) is 2.85. The Balaban J connectivity index is 1.53. The zero-order valence-electron chi connectivity index (χ0n) is 10.3. The summed E-state index contributed by atoms with van der Waals surface area (Å²) in [6, 6.07) is 9.60. The van der Waals surface area contributed by atoms with Crippen molar-refractivity contribution in [2.75, 3.05) is 26.3 Å². The molecule has 2 aliphatic heterocycles. The van der Waals surface area contributed by atoms with Crippen molar-refractivity contribution in [2.45, 2.75) is 25.8 Å². The average molecular weight is 230 g/mol. The second kappa shape index (κ2) is 5.19. The van der Waals surface area contributed by atoms with Crippen LogP contribution in [0.1, 0.15) is 24.0 Å². The normalized spacial score (nSPS) is 24.8. The average Bonchev–Trinajstić information content (AvgIpc) is 2.89. The van der Waals surface area contributed by atoms with Crippen molar-refractivity contribution in [2.24, 2.45) is 5.92 Å². The van der Waals surface area contributed by atoms with Gasteiger partial charge < -0.3 is 4.74 Å². The fourth-order valence-electron chi connectivity index (χ4n) is 2.85. The second-order valence-electron chi connectivity index (χ2n) is 5.24. The molecule has 2 nitrogen and oxygen atoms in total. The molecule has 3 rings (SSSR count). The lowest BCUT2D eigenvalue weighted by Gasteiger charge is -2.29. The maximum atomic E-state index is 5.43.